The Morgan fingerprint density at radius 2 is 1.83 bits per heavy atom. The van der Waals surface area contributed by atoms with Gasteiger partial charge in [-0.25, -0.2) is 19.4 Å². The maximum atomic E-state index is 11.5. The second-order valence-corrected chi connectivity index (χ2v) is 8.61. The van der Waals surface area contributed by atoms with Gasteiger partial charge in [0.2, 0.25) is 0 Å². The van der Waals surface area contributed by atoms with Gasteiger partial charge in [-0.3, -0.25) is 0 Å². The lowest BCUT2D eigenvalue weighted by molar-refractivity contribution is 0.0691. The van der Waals surface area contributed by atoms with Crippen molar-refractivity contribution in [2.24, 2.45) is 0 Å². The zero-order valence-corrected chi connectivity index (χ0v) is 18.2. The van der Waals surface area contributed by atoms with Gasteiger partial charge in [-0.05, 0) is 23.6 Å². The summed E-state index contributed by atoms with van der Waals surface area (Å²) in [7, 11) is 0. The maximum Gasteiger partial charge on any atom is 0.355 e. The average Bonchev–Trinajstić information content (AvgIpc) is 3.12. The highest BCUT2D eigenvalue weighted by molar-refractivity contribution is 5.93. The number of aromatic carboxylic acids is 1. The van der Waals surface area contributed by atoms with Crippen LogP contribution in [0.2, 0.25) is 0 Å². The van der Waals surface area contributed by atoms with Crippen molar-refractivity contribution in [1.82, 2.24) is 19.7 Å². The van der Waals surface area contributed by atoms with Crippen LogP contribution in [-0.2, 0) is 18.4 Å². The van der Waals surface area contributed by atoms with Crippen LogP contribution in [0.25, 0.3) is 11.1 Å². The predicted molar refractivity (Wildman–Crippen MR) is 118 cm³/mol. The summed E-state index contributed by atoms with van der Waals surface area (Å²) in [5, 5.41) is 14.2. The molecular formula is C24H30N4O2. The lowest BCUT2D eigenvalue weighted by Crippen LogP contribution is -2.14. The minimum Gasteiger partial charge on any atom is -0.476 e. The summed E-state index contributed by atoms with van der Waals surface area (Å²) in [6.07, 6.45) is 5.63. The minimum absolute atomic E-state index is 0.0655. The van der Waals surface area contributed by atoms with Gasteiger partial charge in [-0.1, -0.05) is 70.9 Å². The molecule has 3 rings (SSSR count). The largest absolute Gasteiger partial charge is 0.476 e. The van der Waals surface area contributed by atoms with Gasteiger partial charge in [0.05, 0.1) is 0 Å². The molecule has 3 aromatic rings. The number of rotatable bonds is 8. The number of unbranched alkanes of at least 4 members (excludes halogenated alkanes) is 2. The smallest absolute Gasteiger partial charge is 0.355 e. The van der Waals surface area contributed by atoms with Crippen LogP contribution in [0.5, 0.6) is 0 Å². The summed E-state index contributed by atoms with van der Waals surface area (Å²) in [6, 6.07) is 11.5. The lowest BCUT2D eigenvalue weighted by atomic mass is 9.96. The molecule has 0 amide bonds. The normalized spacial score (nSPS) is 11.6. The first-order valence-corrected chi connectivity index (χ1v) is 10.5. The van der Waals surface area contributed by atoms with E-state index in [1.54, 1.807) is 12.1 Å². The number of pyridine rings is 1. The molecule has 0 saturated heterocycles. The molecule has 0 atom stereocenters. The highest BCUT2D eigenvalue weighted by atomic mass is 16.4. The van der Waals surface area contributed by atoms with Gasteiger partial charge < -0.3 is 5.11 Å². The zero-order valence-electron chi connectivity index (χ0n) is 18.2. The third-order valence-corrected chi connectivity index (χ3v) is 5.03. The zero-order chi connectivity index (χ0) is 21.7. The molecular weight excluding hydrogens is 376 g/mol. The van der Waals surface area contributed by atoms with E-state index >= 15 is 0 Å². The fourth-order valence-electron chi connectivity index (χ4n) is 3.31. The first-order valence-electron chi connectivity index (χ1n) is 10.5. The van der Waals surface area contributed by atoms with Crippen LogP contribution in [-0.4, -0.2) is 30.8 Å². The van der Waals surface area contributed by atoms with Crippen LogP contribution in [0.1, 0.15) is 74.7 Å². The Labute approximate surface area is 178 Å². The van der Waals surface area contributed by atoms with Gasteiger partial charge in [0.25, 0.3) is 0 Å². The number of benzene rings is 1. The Bertz CT molecular complexity index is 1000. The van der Waals surface area contributed by atoms with Crippen molar-refractivity contribution >= 4 is 5.97 Å². The van der Waals surface area contributed by atoms with Crippen LogP contribution < -0.4 is 0 Å². The standard InChI is InChI=1S/C24H30N4O2/c1-5-6-7-15-28-20(26-23(27-28)24(2,3)4)16-17-10-12-18(13-11-17)19-9-8-14-25-21(19)22(29)30/h8-14H,5-7,15-16H2,1-4H3,(H,29,30). The topological polar surface area (TPSA) is 80.9 Å². The van der Waals surface area contributed by atoms with Crippen molar-refractivity contribution in [1.29, 1.82) is 0 Å². The third-order valence-electron chi connectivity index (χ3n) is 5.03. The van der Waals surface area contributed by atoms with Gasteiger partial charge in [0.15, 0.2) is 11.5 Å². The minimum atomic E-state index is -1.02. The van der Waals surface area contributed by atoms with E-state index in [2.05, 4.69) is 32.7 Å². The van der Waals surface area contributed by atoms with Gasteiger partial charge >= 0.3 is 5.97 Å². The molecule has 2 aromatic heterocycles. The molecule has 0 fully saturated rings. The summed E-state index contributed by atoms with van der Waals surface area (Å²) in [4.78, 5) is 20.3. The molecule has 0 spiro atoms. The Morgan fingerprint density at radius 1 is 1.10 bits per heavy atom. The molecule has 0 bridgehead atoms. The van der Waals surface area contributed by atoms with Crippen molar-refractivity contribution < 1.29 is 9.90 Å². The van der Waals surface area contributed by atoms with E-state index in [0.29, 0.717) is 12.0 Å². The first-order chi connectivity index (χ1) is 14.3. The monoisotopic (exact) mass is 406 g/mol. The molecule has 1 N–H and O–H groups in total. The van der Waals surface area contributed by atoms with Gasteiger partial charge in [0.1, 0.15) is 5.82 Å². The van der Waals surface area contributed by atoms with Gasteiger partial charge in [-0.2, -0.15) is 5.10 Å². The van der Waals surface area contributed by atoms with E-state index in [4.69, 9.17) is 10.1 Å². The van der Waals surface area contributed by atoms with Crippen molar-refractivity contribution in [2.45, 2.75) is 65.3 Å². The molecule has 0 aliphatic heterocycles. The average molecular weight is 407 g/mol. The molecule has 158 valence electrons. The summed E-state index contributed by atoms with van der Waals surface area (Å²) in [5.74, 6) is 0.813. The number of aryl methyl sites for hydroxylation is 1. The molecule has 0 aliphatic carbocycles. The van der Waals surface area contributed by atoms with Gasteiger partial charge in [-0.15, -0.1) is 0 Å². The van der Waals surface area contributed by atoms with Crippen LogP contribution in [0, 0.1) is 0 Å². The van der Waals surface area contributed by atoms with Crippen LogP contribution in [0.4, 0.5) is 0 Å². The van der Waals surface area contributed by atoms with Crippen molar-refractivity contribution in [3.8, 4) is 11.1 Å². The highest BCUT2D eigenvalue weighted by Crippen LogP contribution is 2.24. The van der Waals surface area contributed by atoms with Crippen LogP contribution in [0.15, 0.2) is 42.6 Å². The Hall–Kier alpha value is -3.02. The van der Waals surface area contributed by atoms with Crippen molar-refractivity contribution in [2.75, 3.05) is 0 Å². The Morgan fingerprint density at radius 3 is 2.47 bits per heavy atom. The predicted octanol–water partition coefficient (Wildman–Crippen LogP) is 5.12. The lowest BCUT2D eigenvalue weighted by Gasteiger charge is -2.12. The molecule has 2 heterocycles. The summed E-state index contributed by atoms with van der Waals surface area (Å²) in [6.45, 7) is 9.46. The first kappa shape index (κ1) is 21.7. The molecule has 0 radical (unpaired) electrons. The summed E-state index contributed by atoms with van der Waals surface area (Å²) < 4.78 is 2.05. The molecule has 30 heavy (non-hydrogen) atoms. The van der Waals surface area contributed by atoms with E-state index in [1.807, 2.05) is 28.9 Å². The molecule has 0 saturated carbocycles. The van der Waals surface area contributed by atoms with E-state index in [9.17, 15) is 9.90 Å². The summed E-state index contributed by atoms with van der Waals surface area (Å²) in [5.41, 5.74) is 2.54. The second kappa shape index (κ2) is 9.20. The van der Waals surface area contributed by atoms with Crippen molar-refractivity contribution in [3.63, 3.8) is 0 Å². The van der Waals surface area contributed by atoms with Crippen LogP contribution >= 0.6 is 0 Å². The van der Waals surface area contributed by atoms with Crippen LogP contribution in [0.3, 0.4) is 0 Å². The maximum absolute atomic E-state index is 11.5. The summed E-state index contributed by atoms with van der Waals surface area (Å²) >= 11 is 0. The van der Waals surface area contributed by atoms with E-state index in [-0.39, 0.29) is 11.1 Å². The van der Waals surface area contributed by atoms with E-state index in [1.165, 1.54) is 19.0 Å². The Kier molecular flexibility index (Phi) is 6.65. The number of nitrogens with zero attached hydrogens (tertiary/aromatic N) is 4. The number of carboxylic acids is 1. The number of carboxylic acid groups (broad SMARTS) is 1. The molecule has 1 aromatic carbocycles. The molecule has 6 heteroatoms. The number of hydrogen-bond donors (Lipinski definition) is 1. The molecule has 6 nitrogen and oxygen atoms in total. The molecule has 0 unspecified atom stereocenters. The second-order valence-electron chi connectivity index (χ2n) is 8.61. The highest BCUT2D eigenvalue weighted by Gasteiger charge is 2.22. The number of aromatic nitrogens is 4. The third kappa shape index (κ3) is 5.12. The van der Waals surface area contributed by atoms with E-state index < -0.39 is 5.97 Å². The fourth-order valence-corrected chi connectivity index (χ4v) is 3.31. The van der Waals surface area contributed by atoms with Gasteiger partial charge in [0, 0.05) is 30.1 Å². The Balaban J connectivity index is 1.85. The quantitative estimate of drug-likeness (QED) is 0.525. The van der Waals surface area contributed by atoms with E-state index in [0.717, 1.165) is 35.7 Å². The number of carbonyl (C=O) groups is 1. The fraction of sp³-hybridized carbons (Fsp3) is 0.417. The SMILES string of the molecule is CCCCCn1nc(C(C)(C)C)nc1Cc1ccc(-c2cccnc2C(=O)O)cc1. The van der Waals surface area contributed by atoms with Crippen molar-refractivity contribution in [3.05, 3.63) is 65.5 Å². The number of hydrogen-bond acceptors (Lipinski definition) is 4. The molecule has 0 aliphatic rings.